The van der Waals surface area contributed by atoms with Crippen LogP contribution in [0.4, 0.5) is 0 Å². The summed E-state index contributed by atoms with van der Waals surface area (Å²) in [4.78, 5) is 5.32. The fourth-order valence-electron chi connectivity index (χ4n) is 3.05. The Bertz CT molecular complexity index is 198. The highest BCUT2D eigenvalue weighted by atomic mass is 16.2. The Morgan fingerprint density at radius 3 is 2.81 bits per heavy atom. The number of hydrogen-bond donors (Lipinski definition) is 1. The van der Waals surface area contributed by atoms with E-state index in [2.05, 4.69) is 9.80 Å². The zero-order valence-corrected chi connectivity index (χ0v) is 10.4. The highest BCUT2D eigenvalue weighted by Gasteiger charge is 2.28. The van der Waals surface area contributed by atoms with Gasteiger partial charge in [-0.2, -0.15) is 0 Å². The maximum absolute atomic E-state index is 8.74. The van der Waals surface area contributed by atoms with Gasteiger partial charge in [-0.05, 0) is 45.2 Å². The molecule has 2 aliphatic rings. The van der Waals surface area contributed by atoms with Gasteiger partial charge >= 0.3 is 0 Å². The molecule has 0 aromatic rings. The normalized spacial score (nSPS) is 27.9. The Morgan fingerprint density at radius 2 is 1.94 bits per heavy atom. The van der Waals surface area contributed by atoms with E-state index in [-0.39, 0.29) is 0 Å². The van der Waals surface area contributed by atoms with Crippen molar-refractivity contribution >= 4 is 0 Å². The predicted molar refractivity (Wildman–Crippen MR) is 66.6 cm³/mol. The average Bonchev–Trinajstić information content (AvgIpc) is 2.34. The van der Waals surface area contributed by atoms with Gasteiger partial charge in [0, 0.05) is 32.3 Å². The summed E-state index contributed by atoms with van der Waals surface area (Å²) in [6.45, 7) is 6.77. The number of aliphatic hydroxyl groups excluding tert-OH is 1. The maximum Gasteiger partial charge on any atom is 0.0431 e. The molecule has 3 nitrogen and oxygen atoms in total. The third kappa shape index (κ3) is 3.44. The largest absolute Gasteiger partial charge is 0.396 e. The number of piperazine rings is 1. The second-order valence-corrected chi connectivity index (χ2v) is 5.27. The summed E-state index contributed by atoms with van der Waals surface area (Å²) >= 11 is 0. The zero-order valence-electron chi connectivity index (χ0n) is 10.4. The van der Waals surface area contributed by atoms with Crippen molar-refractivity contribution < 1.29 is 5.11 Å². The number of fused-ring (bicyclic) bond motifs is 1. The van der Waals surface area contributed by atoms with Crippen molar-refractivity contribution in [2.24, 2.45) is 0 Å². The standard InChI is InChI=1S/C13H26N2O/c16-11-5-1-3-7-14-9-10-15-8-4-2-6-13(15)12-14/h13,16H,1-12H2. The van der Waals surface area contributed by atoms with Crippen LogP contribution in [0.2, 0.25) is 0 Å². The van der Waals surface area contributed by atoms with Crippen LogP contribution in [-0.2, 0) is 0 Å². The summed E-state index contributed by atoms with van der Waals surface area (Å²) in [7, 11) is 0. The smallest absolute Gasteiger partial charge is 0.0431 e. The van der Waals surface area contributed by atoms with Crippen molar-refractivity contribution in [2.45, 2.75) is 44.6 Å². The van der Waals surface area contributed by atoms with Crippen LogP contribution in [0.5, 0.6) is 0 Å². The average molecular weight is 226 g/mol. The van der Waals surface area contributed by atoms with Gasteiger partial charge in [-0.1, -0.05) is 6.42 Å². The summed E-state index contributed by atoms with van der Waals surface area (Å²) in [5, 5.41) is 8.74. The quantitative estimate of drug-likeness (QED) is 0.716. The summed E-state index contributed by atoms with van der Waals surface area (Å²) in [6.07, 6.45) is 7.66. The molecule has 94 valence electrons. The van der Waals surface area contributed by atoms with E-state index < -0.39 is 0 Å². The molecule has 16 heavy (non-hydrogen) atoms. The minimum atomic E-state index is 0.358. The monoisotopic (exact) mass is 226 g/mol. The van der Waals surface area contributed by atoms with Crippen LogP contribution in [0.3, 0.4) is 0 Å². The van der Waals surface area contributed by atoms with Gasteiger partial charge in [0.2, 0.25) is 0 Å². The van der Waals surface area contributed by atoms with E-state index in [9.17, 15) is 0 Å². The first-order valence-electron chi connectivity index (χ1n) is 6.97. The lowest BCUT2D eigenvalue weighted by molar-refractivity contribution is 0.0485. The van der Waals surface area contributed by atoms with Crippen LogP contribution < -0.4 is 0 Å². The van der Waals surface area contributed by atoms with E-state index in [1.807, 2.05) is 0 Å². The lowest BCUT2D eigenvalue weighted by Gasteiger charge is -2.44. The predicted octanol–water partition coefficient (Wildman–Crippen LogP) is 1.32. The lowest BCUT2D eigenvalue weighted by Crippen LogP contribution is -2.54. The van der Waals surface area contributed by atoms with Crippen LogP contribution in [0.15, 0.2) is 0 Å². The molecular formula is C13H26N2O. The molecule has 1 atom stereocenters. The van der Waals surface area contributed by atoms with Crippen molar-refractivity contribution in [3.63, 3.8) is 0 Å². The molecule has 0 amide bonds. The molecule has 2 rings (SSSR count). The van der Waals surface area contributed by atoms with Crippen LogP contribution in [0.1, 0.15) is 38.5 Å². The molecule has 0 aromatic heterocycles. The Morgan fingerprint density at radius 1 is 1.00 bits per heavy atom. The van der Waals surface area contributed by atoms with E-state index in [0.29, 0.717) is 6.61 Å². The fourth-order valence-corrected chi connectivity index (χ4v) is 3.05. The van der Waals surface area contributed by atoms with Crippen molar-refractivity contribution in [1.82, 2.24) is 9.80 Å². The summed E-state index contributed by atoms with van der Waals surface area (Å²) < 4.78 is 0. The third-order valence-electron chi connectivity index (χ3n) is 4.05. The topological polar surface area (TPSA) is 26.7 Å². The Kier molecular flexibility index (Phi) is 5.07. The molecule has 0 bridgehead atoms. The molecule has 2 heterocycles. The molecular weight excluding hydrogens is 200 g/mol. The van der Waals surface area contributed by atoms with Crippen molar-refractivity contribution in [3.8, 4) is 0 Å². The summed E-state index contributed by atoms with van der Waals surface area (Å²) in [5.74, 6) is 0. The van der Waals surface area contributed by atoms with E-state index in [0.717, 1.165) is 12.5 Å². The molecule has 2 saturated heterocycles. The minimum absolute atomic E-state index is 0.358. The van der Waals surface area contributed by atoms with E-state index in [4.69, 9.17) is 5.11 Å². The number of aliphatic hydroxyl groups is 1. The summed E-state index contributed by atoms with van der Waals surface area (Å²) in [5.41, 5.74) is 0. The molecule has 2 fully saturated rings. The number of piperidine rings is 1. The second kappa shape index (κ2) is 6.58. The molecule has 1 unspecified atom stereocenters. The maximum atomic E-state index is 8.74. The van der Waals surface area contributed by atoms with Crippen LogP contribution in [0.25, 0.3) is 0 Å². The van der Waals surface area contributed by atoms with Crippen molar-refractivity contribution in [3.05, 3.63) is 0 Å². The first-order chi connectivity index (χ1) is 7.90. The molecule has 0 aromatic carbocycles. The zero-order chi connectivity index (χ0) is 11.2. The number of rotatable bonds is 5. The summed E-state index contributed by atoms with van der Waals surface area (Å²) in [6, 6.07) is 0.848. The highest BCUT2D eigenvalue weighted by Crippen LogP contribution is 2.21. The van der Waals surface area contributed by atoms with Gasteiger partial charge in [0.15, 0.2) is 0 Å². The van der Waals surface area contributed by atoms with Crippen LogP contribution >= 0.6 is 0 Å². The first kappa shape index (κ1) is 12.3. The van der Waals surface area contributed by atoms with Gasteiger partial charge in [-0.3, -0.25) is 4.90 Å². The van der Waals surface area contributed by atoms with Gasteiger partial charge in [0.25, 0.3) is 0 Å². The van der Waals surface area contributed by atoms with Gasteiger partial charge in [-0.25, -0.2) is 0 Å². The molecule has 0 spiro atoms. The second-order valence-electron chi connectivity index (χ2n) is 5.27. The number of unbranched alkanes of at least 4 members (excludes halogenated alkanes) is 2. The lowest BCUT2D eigenvalue weighted by atomic mass is 9.99. The molecule has 3 heteroatoms. The molecule has 2 aliphatic heterocycles. The van der Waals surface area contributed by atoms with Gasteiger partial charge in [0.1, 0.15) is 0 Å². The Balaban J connectivity index is 1.65. The third-order valence-corrected chi connectivity index (χ3v) is 4.05. The molecule has 0 aliphatic carbocycles. The molecule has 0 saturated carbocycles. The fraction of sp³-hybridized carbons (Fsp3) is 1.00. The Hall–Kier alpha value is -0.120. The van der Waals surface area contributed by atoms with Gasteiger partial charge in [-0.15, -0.1) is 0 Å². The van der Waals surface area contributed by atoms with Crippen molar-refractivity contribution in [1.29, 1.82) is 0 Å². The first-order valence-corrected chi connectivity index (χ1v) is 6.97. The van der Waals surface area contributed by atoms with E-state index >= 15 is 0 Å². The van der Waals surface area contributed by atoms with Gasteiger partial charge in [0.05, 0.1) is 0 Å². The van der Waals surface area contributed by atoms with Crippen molar-refractivity contribution in [2.75, 3.05) is 39.3 Å². The molecule has 1 N–H and O–H groups in total. The van der Waals surface area contributed by atoms with E-state index in [1.54, 1.807) is 0 Å². The van der Waals surface area contributed by atoms with Gasteiger partial charge < -0.3 is 10.0 Å². The highest BCUT2D eigenvalue weighted by molar-refractivity contribution is 4.84. The van der Waals surface area contributed by atoms with E-state index in [1.165, 1.54) is 64.8 Å². The SMILES string of the molecule is OCCCCCN1CCN2CCCCC2C1. The van der Waals surface area contributed by atoms with Crippen LogP contribution in [0, 0.1) is 0 Å². The Labute approximate surface area is 99.4 Å². The number of hydrogen-bond acceptors (Lipinski definition) is 3. The molecule has 0 radical (unpaired) electrons. The number of nitrogens with zero attached hydrogens (tertiary/aromatic N) is 2. The minimum Gasteiger partial charge on any atom is -0.396 e. The van der Waals surface area contributed by atoms with Crippen LogP contribution in [-0.4, -0.2) is 60.3 Å².